The Labute approximate surface area is 146 Å². The van der Waals surface area contributed by atoms with Crippen LogP contribution in [0.2, 0.25) is 0 Å². The van der Waals surface area contributed by atoms with Crippen LogP contribution in [0.15, 0.2) is 59.7 Å². The highest BCUT2D eigenvalue weighted by molar-refractivity contribution is 5.88. The van der Waals surface area contributed by atoms with Crippen LogP contribution in [0.3, 0.4) is 0 Å². The predicted molar refractivity (Wildman–Crippen MR) is 99.5 cm³/mol. The van der Waals surface area contributed by atoms with Crippen molar-refractivity contribution >= 4 is 11.8 Å². The summed E-state index contributed by atoms with van der Waals surface area (Å²) in [5, 5.41) is 6.98. The van der Waals surface area contributed by atoms with E-state index in [0.29, 0.717) is 6.54 Å². The molecule has 4 rings (SSSR count). The lowest BCUT2D eigenvalue weighted by molar-refractivity contribution is 0.595. The first-order valence-corrected chi connectivity index (χ1v) is 8.29. The smallest absolute Gasteiger partial charge is 0.0884 e. The quantitative estimate of drug-likeness (QED) is 0.794. The monoisotopic (exact) mass is 329 g/mol. The van der Waals surface area contributed by atoms with Gasteiger partial charge >= 0.3 is 0 Å². The first kappa shape index (κ1) is 15.4. The summed E-state index contributed by atoms with van der Waals surface area (Å²) in [7, 11) is 0. The average molecular weight is 329 g/mol. The summed E-state index contributed by atoms with van der Waals surface area (Å²) in [6.45, 7) is 5.00. The Morgan fingerprint density at radius 1 is 0.920 bits per heavy atom. The molecule has 0 aromatic carbocycles. The minimum absolute atomic E-state index is 0.313. The first-order valence-electron chi connectivity index (χ1n) is 8.29. The molecule has 1 aliphatic heterocycles. The molecule has 0 aliphatic carbocycles. The van der Waals surface area contributed by atoms with E-state index in [1.807, 2.05) is 42.6 Å². The minimum Gasteiger partial charge on any atom is -0.288 e. The van der Waals surface area contributed by atoms with E-state index >= 15 is 0 Å². The van der Waals surface area contributed by atoms with Gasteiger partial charge < -0.3 is 0 Å². The number of hydrogen-bond acceptors (Lipinski definition) is 4. The summed E-state index contributed by atoms with van der Waals surface area (Å²) in [6.07, 6.45) is 5.59. The van der Waals surface area contributed by atoms with Crippen molar-refractivity contribution in [2.45, 2.75) is 19.3 Å². The minimum atomic E-state index is -0.313. The van der Waals surface area contributed by atoms with Gasteiger partial charge in [0.15, 0.2) is 0 Å². The Hall–Kier alpha value is -3.08. The van der Waals surface area contributed by atoms with E-state index in [1.165, 1.54) is 0 Å². The van der Waals surface area contributed by atoms with Crippen LogP contribution in [0.4, 0.5) is 0 Å². The second-order valence-corrected chi connectivity index (χ2v) is 6.59. The number of H-pyrrole nitrogens is 1. The van der Waals surface area contributed by atoms with E-state index in [1.54, 1.807) is 6.20 Å². The third kappa shape index (κ3) is 2.89. The van der Waals surface area contributed by atoms with Gasteiger partial charge in [-0.15, -0.1) is 0 Å². The van der Waals surface area contributed by atoms with Crippen LogP contribution >= 0.6 is 0 Å². The number of hydrogen-bond donors (Lipinski definition) is 1. The van der Waals surface area contributed by atoms with Crippen LogP contribution in [-0.2, 0) is 5.41 Å². The van der Waals surface area contributed by atoms with Gasteiger partial charge in [-0.2, -0.15) is 5.10 Å². The molecule has 0 atom stereocenters. The van der Waals surface area contributed by atoms with Crippen LogP contribution in [0.25, 0.3) is 17.0 Å². The maximum Gasteiger partial charge on any atom is 0.0884 e. The Morgan fingerprint density at radius 3 is 2.28 bits per heavy atom. The van der Waals surface area contributed by atoms with E-state index in [0.717, 1.165) is 34.0 Å². The van der Waals surface area contributed by atoms with Gasteiger partial charge in [0.1, 0.15) is 0 Å². The first-order chi connectivity index (χ1) is 12.1. The van der Waals surface area contributed by atoms with Gasteiger partial charge in [0.2, 0.25) is 0 Å². The van der Waals surface area contributed by atoms with E-state index in [2.05, 4.69) is 41.2 Å². The molecular weight excluding hydrogens is 310 g/mol. The lowest BCUT2D eigenvalue weighted by Gasteiger charge is -2.24. The standard InChI is InChI=1S/C20H19N5/c1-20(2,18-7-3-5-15(23-18)14-9-11-21-13-14)19-8-4-6-16(24-19)17-10-12-22-25-17/h3-12H,13H2,1-2H3,(H,22,25). The van der Waals surface area contributed by atoms with Crippen molar-refractivity contribution in [2.75, 3.05) is 6.54 Å². The van der Waals surface area contributed by atoms with Gasteiger partial charge in [-0.05, 0) is 50.3 Å². The van der Waals surface area contributed by atoms with E-state index in [-0.39, 0.29) is 5.41 Å². The SMILES string of the molecule is CC(C)(c1cccc(C2=CC=NC2)n1)c1cccc(-c2ccn[nH]2)n1. The van der Waals surface area contributed by atoms with Crippen LogP contribution in [0, 0.1) is 0 Å². The average Bonchev–Trinajstić information content (AvgIpc) is 3.36. The van der Waals surface area contributed by atoms with Crippen molar-refractivity contribution in [1.29, 1.82) is 0 Å². The molecule has 0 amide bonds. The van der Waals surface area contributed by atoms with Gasteiger partial charge in [0.25, 0.3) is 0 Å². The topological polar surface area (TPSA) is 66.8 Å². The molecule has 3 aromatic rings. The van der Waals surface area contributed by atoms with Crippen LogP contribution in [0.1, 0.15) is 30.9 Å². The molecule has 124 valence electrons. The normalized spacial score (nSPS) is 13.9. The fraction of sp³-hybridized carbons (Fsp3) is 0.200. The van der Waals surface area contributed by atoms with Crippen molar-refractivity contribution in [3.63, 3.8) is 0 Å². The fourth-order valence-electron chi connectivity index (χ4n) is 2.94. The summed E-state index contributed by atoms with van der Waals surface area (Å²) >= 11 is 0. The molecule has 0 bridgehead atoms. The van der Waals surface area contributed by atoms with Crippen molar-refractivity contribution in [2.24, 2.45) is 4.99 Å². The second-order valence-electron chi connectivity index (χ2n) is 6.59. The van der Waals surface area contributed by atoms with Gasteiger partial charge in [-0.3, -0.25) is 20.1 Å². The second kappa shape index (κ2) is 6.09. The predicted octanol–water partition coefficient (Wildman–Crippen LogP) is 3.66. The van der Waals surface area contributed by atoms with E-state index in [9.17, 15) is 0 Å². The number of rotatable bonds is 4. The molecule has 0 spiro atoms. The molecule has 0 unspecified atom stereocenters. The Morgan fingerprint density at radius 2 is 1.64 bits per heavy atom. The molecule has 1 aliphatic rings. The number of nitrogens with one attached hydrogen (secondary N) is 1. The number of nitrogens with zero attached hydrogens (tertiary/aromatic N) is 4. The zero-order valence-electron chi connectivity index (χ0n) is 14.3. The Balaban J connectivity index is 1.72. The van der Waals surface area contributed by atoms with Crippen molar-refractivity contribution in [3.8, 4) is 11.4 Å². The lowest BCUT2D eigenvalue weighted by Crippen LogP contribution is -2.22. The highest BCUT2D eigenvalue weighted by Crippen LogP contribution is 2.31. The highest BCUT2D eigenvalue weighted by atomic mass is 15.1. The van der Waals surface area contributed by atoms with Crippen molar-refractivity contribution in [1.82, 2.24) is 20.2 Å². The lowest BCUT2D eigenvalue weighted by atomic mass is 9.84. The summed E-state index contributed by atoms with van der Waals surface area (Å²) in [4.78, 5) is 14.0. The number of aliphatic imine (C=N–C) groups is 1. The summed E-state index contributed by atoms with van der Waals surface area (Å²) in [5.41, 5.74) is 5.57. The maximum absolute atomic E-state index is 4.89. The van der Waals surface area contributed by atoms with Gasteiger partial charge in [0.05, 0.1) is 35.0 Å². The largest absolute Gasteiger partial charge is 0.288 e. The summed E-state index contributed by atoms with van der Waals surface area (Å²) < 4.78 is 0. The van der Waals surface area contributed by atoms with Crippen LogP contribution < -0.4 is 0 Å². The summed E-state index contributed by atoms with van der Waals surface area (Å²) in [5.74, 6) is 0. The van der Waals surface area contributed by atoms with Gasteiger partial charge in [-0.25, -0.2) is 0 Å². The molecule has 25 heavy (non-hydrogen) atoms. The summed E-state index contributed by atoms with van der Waals surface area (Å²) in [6, 6.07) is 14.1. The number of allylic oxidation sites excluding steroid dienone is 1. The maximum atomic E-state index is 4.89. The van der Waals surface area contributed by atoms with Gasteiger partial charge in [-0.1, -0.05) is 12.1 Å². The molecule has 4 heterocycles. The molecule has 0 fully saturated rings. The van der Waals surface area contributed by atoms with E-state index in [4.69, 9.17) is 9.97 Å². The molecule has 0 saturated heterocycles. The molecule has 1 N–H and O–H groups in total. The highest BCUT2D eigenvalue weighted by Gasteiger charge is 2.27. The molecule has 0 radical (unpaired) electrons. The Bertz CT molecular complexity index is 952. The van der Waals surface area contributed by atoms with E-state index < -0.39 is 0 Å². The van der Waals surface area contributed by atoms with Crippen molar-refractivity contribution < 1.29 is 0 Å². The zero-order valence-corrected chi connectivity index (χ0v) is 14.3. The van der Waals surface area contributed by atoms with Crippen LogP contribution in [0.5, 0.6) is 0 Å². The molecule has 3 aromatic heterocycles. The third-order valence-corrected chi connectivity index (χ3v) is 4.53. The van der Waals surface area contributed by atoms with Crippen LogP contribution in [-0.4, -0.2) is 32.9 Å². The Kier molecular flexibility index (Phi) is 3.76. The molecule has 5 nitrogen and oxygen atoms in total. The third-order valence-electron chi connectivity index (χ3n) is 4.53. The van der Waals surface area contributed by atoms with Gasteiger partial charge in [0, 0.05) is 23.4 Å². The number of aromatic nitrogens is 4. The number of aromatic amines is 1. The molecule has 0 saturated carbocycles. The fourth-order valence-corrected chi connectivity index (χ4v) is 2.94. The molecular formula is C20H19N5. The number of pyridine rings is 2. The van der Waals surface area contributed by atoms with Crippen molar-refractivity contribution in [3.05, 3.63) is 71.8 Å². The zero-order chi connectivity index (χ0) is 17.3. The molecule has 5 heteroatoms.